The van der Waals surface area contributed by atoms with Crippen molar-refractivity contribution in [2.24, 2.45) is 5.73 Å². The third-order valence-electron chi connectivity index (χ3n) is 3.57. The van der Waals surface area contributed by atoms with Gasteiger partial charge in [0.25, 0.3) is 0 Å². The number of ether oxygens (including phenoxy) is 1. The first-order valence-electron chi connectivity index (χ1n) is 6.80. The van der Waals surface area contributed by atoms with Crippen molar-refractivity contribution in [1.82, 2.24) is 4.90 Å². The lowest BCUT2D eigenvalue weighted by Crippen LogP contribution is -2.33. The van der Waals surface area contributed by atoms with Crippen LogP contribution in [0.3, 0.4) is 0 Å². The van der Waals surface area contributed by atoms with E-state index in [1.165, 1.54) is 0 Å². The van der Waals surface area contributed by atoms with Crippen molar-refractivity contribution in [3.63, 3.8) is 0 Å². The Hall–Kier alpha value is -1.39. The molecule has 1 aliphatic heterocycles. The van der Waals surface area contributed by atoms with E-state index >= 15 is 0 Å². The van der Waals surface area contributed by atoms with Crippen LogP contribution in [0, 0.1) is 0 Å². The summed E-state index contributed by atoms with van der Waals surface area (Å²) in [6.07, 6.45) is 1.40. The van der Waals surface area contributed by atoms with Gasteiger partial charge in [-0.2, -0.15) is 0 Å². The molecule has 1 aromatic rings. The Morgan fingerprint density at radius 2 is 2.05 bits per heavy atom. The van der Waals surface area contributed by atoms with Crippen LogP contribution in [0.1, 0.15) is 36.9 Å². The van der Waals surface area contributed by atoms with E-state index in [4.69, 9.17) is 10.5 Å². The highest BCUT2D eigenvalue weighted by Crippen LogP contribution is 2.32. The topological polar surface area (TPSA) is 55.6 Å². The van der Waals surface area contributed by atoms with E-state index in [1.807, 2.05) is 17.0 Å². The fourth-order valence-corrected chi connectivity index (χ4v) is 2.73. The van der Waals surface area contributed by atoms with E-state index in [9.17, 15) is 4.79 Å². The molecule has 0 spiro atoms. The number of nitrogens with two attached hydrogens (primary N) is 1. The number of carbonyl (C=O) groups excluding carboxylic acids is 1. The van der Waals surface area contributed by atoms with Crippen molar-refractivity contribution < 1.29 is 9.53 Å². The molecule has 2 N–H and O–H groups in total. The zero-order valence-electron chi connectivity index (χ0n) is 11.6. The second-order valence-electron chi connectivity index (χ2n) is 5.07. The molecule has 4 nitrogen and oxygen atoms in total. The lowest BCUT2D eigenvalue weighted by molar-refractivity contribution is -0.129. The van der Waals surface area contributed by atoms with E-state index in [0.717, 1.165) is 24.1 Å². The number of benzene rings is 1. The molecule has 1 heterocycles. The van der Waals surface area contributed by atoms with Crippen molar-refractivity contribution in [1.29, 1.82) is 0 Å². The maximum absolute atomic E-state index is 12.0. The van der Waals surface area contributed by atoms with E-state index < -0.39 is 0 Å². The number of hydrogen-bond donors (Lipinski definition) is 1. The molecule has 0 radical (unpaired) electrons. The quantitative estimate of drug-likeness (QED) is 0.881. The van der Waals surface area contributed by atoms with Gasteiger partial charge in [-0.3, -0.25) is 4.79 Å². The number of nitrogens with zero attached hydrogens (tertiary/aromatic N) is 1. The Bertz CT molecular complexity index is 430. The largest absolute Gasteiger partial charge is 0.380 e. The molecule has 2 rings (SSSR count). The van der Waals surface area contributed by atoms with Crippen molar-refractivity contribution >= 4 is 5.91 Å². The Morgan fingerprint density at radius 1 is 1.37 bits per heavy atom. The van der Waals surface area contributed by atoms with Crippen LogP contribution in [0.5, 0.6) is 0 Å². The number of rotatable bonds is 5. The number of carbonyl (C=O) groups is 1. The molecule has 1 aromatic carbocycles. The zero-order valence-corrected chi connectivity index (χ0v) is 11.6. The molecule has 2 atom stereocenters. The minimum atomic E-state index is -0.104. The Morgan fingerprint density at radius 3 is 2.63 bits per heavy atom. The van der Waals surface area contributed by atoms with Gasteiger partial charge in [0, 0.05) is 26.1 Å². The van der Waals surface area contributed by atoms with Gasteiger partial charge in [-0.25, -0.2) is 0 Å². The first-order valence-corrected chi connectivity index (χ1v) is 6.80. The molecule has 2 unspecified atom stereocenters. The van der Waals surface area contributed by atoms with Gasteiger partial charge >= 0.3 is 0 Å². The minimum Gasteiger partial charge on any atom is -0.380 e. The third kappa shape index (κ3) is 2.96. The van der Waals surface area contributed by atoms with Gasteiger partial charge in [0.1, 0.15) is 0 Å². The van der Waals surface area contributed by atoms with Crippen molar-refractivity contribution in [2.75, 3.05) is 13.7 Å². The lowest BCUT2D eigenvalue weighted by atomic mass is 9.99. The SMILES string of the molecule is CCCN1C(=O)CC(N)C1c1ccc(COC)cc1. The summed E-state index contributed by atoms with van der Waals surface area (Å²) in [6.45, 7) is 3.46. The molecule has 0 aromatic heterocycles. The maximum Gasteiger partial charge on any atom is 0.224 e. The van der Waals surface area contributed by atoms with Gasteiger partial charge in [0.2, 0.25) is 5.91 Å². The third-order valence-corrected chi connectivity index (χ3v) is 3.57. The normalized spacial score (nSPS) is 23.1. The molecule has 0 saturated carbocycles. The van der Waals surface area contributed by atoms with Gasteiger partial charge in [-0.1, -0.05) is 31.2 Å². The summed E-state index contributed by atoms with van der Waals surface area (Å²) in [5.74, 6) is 0.167. The van der Waals surface area contributed by atoms with Crippen molar-refractivity contribution in [2.45, 2.75) is 38.5 Å². The summed E-state index contributed by atoms with van der Waals surface area (Å²) in [4.78, 5) is 13.9. The van der Waals surface area contributed by atoms with Crippen LogP contribution in [-0.2, 0) is 16.1 Å². The van der Waals surface area contributed by atoms with Crippen molar-refractivity contribution in [3.05, 3.63) is 35.4 Å². The van der Waals surface area contributed by atoms with Crippen LogP contribution in [0.2, 0.25) is 0 Å². The molecule has 1 aliphatic rings. The smallest absolute Gasteiger partial charge is 0.224 e. The monoisotopic (exact) mass is 262 g/mol. The molecule has 104 valence electrons. The summed E-state index contributed by atoms with van der Waals surface area (Å²) in [5.41, 5.74) is 8.38. The van der Waals surface area contributed by atoms with E-state index in [-0.39, 0.29) is 18.0 Å². The van der Waals surface area contributed by atoms with E-state index in [2.05, 4.69) is 19.1 Å². The average Bonchev–Trinajstić information content (AvgIpc) is 2.67. The van der Waals surface area contributed by atoms with Crippen LogP contribution >= 0.6 is 0 Å². The highest BCUT2D eigenvalue weighted by atomic mass is 16.5. The molecule has 0 bridgehead atoms. The second kappa shape index (κ2) is 6.17. The van der Waals surface area contributed by atoms with Crippen LogP contribution < -0.4 is 5.73 Å². The number of hydrogen-bond acceptors (Lipinski definition) is 3. The fraction of sp³-hybridized carbons (Fsp3) is 0.533. The molecule has 0 aliphatic carbocycles. The van der Waals surface area contributed by atoms with Gasteiger partial charge in [-0.05, 0) is 17.5 Å². The molecule has 19 heavy (non-hydrogen) atoms. The summed E-state index contributed by atoms with van der Waals surface area (Å²) in [6, 6.07) is 8.11. The average molecular weight is 262 g/mol. The Balaban J connectivity index is 2.20. The summed E-state index contributed by atoms with van der Waals surface area (Å²) < 4.78 is 5.10. The minimum absolute atomic E-state index is 0.0176. The van der Waals surface area contributed by atoms with Gasteiger partial charge in [0.05, 0.1) is 12.6 Å². The highest BCUT2D eigenvalue weighted by Gasteiger charge is 2.37. The molecular formula is C15H22N2O2. The molecular weight excluding hydrogens is 240 g/mol. The fourth-order valence-electron chi connectivity index (χ4n) is 2.73. The van der Waals surface area contributed by atoms with Crippen molar-refractivity contribution in [3.8, 4) is 0 Å². The maximum atomic E-state index is 12.0. The van der Waals surface area contributed by atoms with Gasteiger partial charge in [0.15, 0.2) is 0 Å². The number of amides is 1. The standard InChI is InChI=1S/C15H22N2O2/c1-3-8-17-14(18)9-13(16)15(17)12-6-4-11(5-7-12)10-19-2/h4-7,13,15H,3,8-10,16H2,1-2H3. The number of methoxy groups -OCH3 is 1. The van der Waals surface area contributed by atoms with Crippen LogP contribution in [-0.4, -0.2) is 30.5 Å². The predicted octanol–water partition coefficient (Wildman–Crippen LogP) is 1.84. The lowest BCUT2D eigenvalue weighted by Gasteiger charge is -2.27. The zero-order chi connectivity index (χ0) is 13.8. The summed E-state index contributed by atoms with van der Waals surface area (Å²) in [7, 11) is 1.68. The molecule has 1 fully saturated rings. The highest BCUT2D eigenvalue weighted by molar-refractivity contribution is 5.80. The second-order valence-corrected chi connectivity index (χ2v) is 5.07. The predicted molar refractivity (Wildman–Crippen MR) is 74.5 cm³/mol. The van der Waals surface area contributed by atoms with Crippen LogP contribution in [0.15, 0.2) is 24.3 Å². The summed E-state index contributed by atoms with van der Waals surface area (Å²) in [5, 5.41) is 0. The van der Waals surface area contributed by atoms with E-state index in [0.29, 0.717) is 13.0 Å². The van der Waals surface area contributed by atoms with Gasteiger partial charge in [-0.15, -0.1) is 0 Å². The first-order chi connectivity index (χ1) is 9.17. The van der Waals surface area contributed by atoms with Gasteiger partial charge < -0.3 is 15.4 Å². The Labute approximate surface area is 114 Å². The number of likely N-dealkylation sites (tertiary alicyclic amines) is 1. The van der Waals surface area contributed by atoms with E-state index in [1.54, 1.807) is 7.11 Å². The molecule has 1 saturated heterocycles. The molecule has 1 amide bonds. The Kier molecular flexibility index (Phi) is 4.56. The van der Waals surface area contributed by atoms with Crippen LogP contribution in [0.25, 0.3) is 0 Å². The summed E-state index contributed by atoms with van der Waals surface area (Å²) >= 11 is 0. The molecule has 4 heteroatoms. The van der Waals surface area contributed by atoms with Crippen LogP contribution in [0.4, 0.5) is 0 Å². The first kappa shape index (κ1) is 14.0.